The third kappa shape index (κ3) is 4.88. The number of sulfonamides is 1. The topological polar surface area (TPSA) is 78.0 Å². The van der Waals surface area contributed by atoms with Crippen molar-refractivity contribution in [3.8, 4) is 0 Å². The van der Waals surface area contributed by atoms with Gasteiger partial charge >= 0.3 is 0 Å². The van der Waals surface area contributed by atoms with Crippen molar-refractivity contribution in [3.05, 3.63) is 29.8 Å². The predicted octanol–water partition coefficient (Wildman–Crippen LogP) is 3.01. The van der Waals surface area contributed by atoms with Gasteiger partial charge in [-0.2, -0.15) is 4.31 Å². The van der Waals surface area contributed by atoms with E-state index in [4.69, 9.17) is 0 Å². The van der Waals surface area contributed by atoms with Gasteiger partial charge in [-0.15, -0.1) is 0 Å². The van der Waals surface area contributed by atoms with Gasteiger partial charge in [0.25, 0.3) is 0 Å². The summed E-state index contributed by atoms with van der Waals surface area (Å²) in [6.07, 6.45) is 6.16. The average molecular weight is 476 g/mol. The van der Waals surface area contributed by atoms with Crippen LogP contribution in [0.25, 0.3) is 0 Å². The van der Waals surface area contributed by atoms with E-state index >= 15 is 0 Å². The van der Waals surface area contributed by atoms with E-state index in [2.05, 4.69) is 4.90 Å². The number of benzene rings is 1. The Kier molecular flexibility index (Phi) is 7.26. The lowest BCUT2D eigenvalue weighted by Gasteiger charge is -2.57. The maximum atomic E-state index is 13.9. The van der Waals surface area contributed by atoms with Gasteiger partial charge in [0.15, 0.2) is 5.78 Å². The van der Waals surface area contributed by atoms with E-state index < -0.39 is 10.0 Å². The third-order valence-corrected chi connectivity index (χ3v) is 9.79. The Labute approximate surface area is 198 Å². The van der Waals surface area contributed by atoms with Crippen LogP contribution in [-0.4, -0.2) is 80.0 Å². The molecular formula is C25H37N3O4S. The number of hydrogen-bond acceptors (Lipinski definition) is 5. The first kappa shape index (κ1) is 24.4. The second-order valence-corrected chi connectivity index (χ2v) is 12.0. The van der Waals surface area contributed by atoms with Crippen molar-refractivity contribution in [1.29, 1.82) is 0 Å². The first-order valence-electron chi connectivity index (χ1n) is 12.3. The van der Waals surface area contributed by atoms with Crippen LogP contribution in [0, 0.1) is 11.8 Å². The number of carbonyl (C=O) groups is 2. The first-order valence-corrected chi connectivity index (χ1v) is 13.7. The quantitative estimate of drug-likeness (QED) is 0.567. The fraction of sp³-hybridized carbons (Fsp3) is 0.680. The van der Waals surface area contributed by atoms with Crippen LogP contribution < -0.4 is 0 Å². The van der Waals surface area contributed by atoms with Crippen LogP contribution in [0.15, 0.2) is 29.2 Å². The summed E-state index contributed by atoms with van der Waals surface area (Å²) in [7, 11) is -0.180. The molecule has 0 aliphatic carbocycles. The number of nitrogens with zero attached hydrogens (tertiary/aromatic N) is 3. The Morgan fingerprint density at radius 2 is 1.73 bits per heavy atom. The van der Waals surface area contributed by atoms with Crippen LogP contribution in [0.1, 0.15) is 62.2 Å². The molecule has 182 valence electrons. The monoisotopic (exact) mass is 475 g/mol. The second kappa shape index (κ2) is 9.84. The Morgan fingerprint density at radius 3 is 2.36 bits per heavy atom. The van der Waals surface area contributed by atoms with Crippen LogP contribution in [0.5, 0.6) is 0 Å². The molecule has 0 aromatic heterocycles. The van der Waals surface area contributed by atoms with E-state index in [0.29, 0.717) is 49.2 Å². The molecule has 3 aliphatic rings. The van der Waals surface area contributed by atoms with Gasteiger partial charge in [0.2, 0.25) is 15.9 Å². The van der Waals surface area contributed by atoms with Crippen molar-refractivity contribution in [3.63, 3.8) is 0 Å². The molecule has 8 heteroatoms. The number of amides is 1. The highest BCUT2D eigenvalue weighted by Gasteiger charge is 2.51. The summed E-state index contributed by atoms with van der Waals surface area (Å²) in [5.41, 5.74) is 0.515. The van der Waals surface area contributed by atoms with E-state index in [1.807, 2.05) is 0 Å². The lowest BCUT2D eigenvalue weighted by molar-refractivity contribution is -0.128. The van der Waals surface area contributed by atoms with Crippen molar-refractivity contribution in [2.45, 2.75) is 68.8 Å². The average Bonchev–Trinajstić information content (AvgIpc) is 2.80. The van der Waals surface area contributed by atoms with Gasteiger partial charge < -0.3 is 4.90 Å². The van der Waals surface area contributed by atoms with Crippen molar-refractivity contribution in [2.24, 2.45) is 11.8 Å². The van der Waals surface area contributed by atoms with Crippen LogP contribution in [0.4, 0.5) is 0 Å². The zero-order valence-corrected chi connectivity index (χ0v) is 20.9. The van der Waals surface area contributed by atoms with Crippen LogP contribution in [0.2, 0.25) is 0 Å². The van der Waals surface area contributed by atoms with Crippen LogP contribution in [-0.2, 0) is 14.8 Å². The minimum Gasteiger partial charge on any atom is -0.349 e. The second-order valence-electron chi connectivity index (χ2n) is 10.1. The Morgan fingerprint density at radius 1 is 1.06 bits per heavy atom. The predicted molar refractivity (Wildman–Crippen MR) is 127 cm³/mol. The number of hydrogen-bond donors (Lipinski definition) is 0. The molecule has 7 nitrogen and oxygen atoms in total. The summed E-state index contributed by atoms with van der Waals surface area (Å²) in [5.74, 6) is 0.669. The molecule has 3 heterocycles. The van der Waals surface area contributed by atoms with Crippen LogP contribution >= 0.6 is 0 Å². The van der Waals surface area contributed by atoms with Gasteiger partial charge in [-0.25, -0.2) is 8.42 Å². The van der Waals surface area contributed by atoms with E-state index in [1.54, 1.807) is 47.6 Å². The molecule has 33 heavy (non-hydrogen) atoms. The molecule has 3 saturated heterocycles. The maximum Gasteiger partial charge on any atom is 0.243 e. The molecule has 0 saturated carbocycles. The van der Waals surface area contributed by atoms with E-state index in [9.17, 15) is 18.0 Å². The molecule has 0 radical (unpaired) electrons. The van der Waals surface area contributed by atoms with Gasteiger partial charge in [0.1, 0.15) is 0 Å². The third-order valence-electron chi connectivity index (χ3n) is 7.88. The van der Waals surface area contributed by atoms with Crippen molar-refractivity contribution in [2.75, 3.05) is 33.7 Å². The summed E-state index contributed by atoms with van der Waals surface area (Å²) in [6.45, 7) is 4.25. The SMILES string of the molecule is CC(=O)c1ccc(S(=O)(=O)N2C[C@@H]3CCCN4CCC[C@@H]([C@H]34)[C@H]2CCCC(=O)N(C)C)cc1. The van der Waals surface area contributed by atoms with Gasteiger partial charge in [-0.3, -0.25) is 14.5 Å². The molecule has 0 N–H and O–H groups in total. The fourth-order valence-corrected chi connectivity index (χ4v) is 8.03. The lowest BCUT2D eigenvalue weighted by Crippen LogP contribution is -2.65. The van der Waals surface area contributed by atoms with Gasteiger partial charge in [0, 0.05) is 44.7 Å². The minimum atomic E-state index is -3.70. The van der Waals surface area contributed by atoms with Gasteiger partial charge in [-0.05, 0) is 82.5 Å². The summed E-state index contributed by atoms with van der Waals surface area (Å²) in [6, 6.07) is 6.71. The summed E-state index contributed by atoms with van der Waals surface area (Å²) in [5, 5.41) is 0. The molecule has 4 atom stereocenters. The standard InChI is InChI=1S/C25H37N3O4S/c1-18(29)19-11-13-21(14-12-19)33(31,32)28-17-20-7-5-15-27-16-6-8-22(25(20)27)23(28)9-4-10-24(30)26(2)3/h11-14,20,22-23,25H,4-10,15-17H2,1-3H3/t20-,22+,23+,25-/m0/s1. The molecule has 0 unspecified atom stereocenters. The summed E-state index contributed by atoms with van der Waals surface area (Å²) < 4.78 is 29.5. The summed E-state index contributed by atoms with van der Waals surface area (Å²) >= 11 is 0. The molecule has 0 bridgehead atoms. The summed E-state index contributed by atoms with van der Waals surface area (Å²) in [4.78, 5) is 28.3. The smallest absolute Gasteiger partial charge is 0.243 e. The zero-order chi connectivity index (χ0) is 23.8. The number of ketones is 1. The molecule has 1 aromatic rings. The largest absolute Gasteiger partial charge is 0.349 e. The van der Waals surface area contributed by atoms with Gasteiger partial charge in [0.05, 0.1) is 4.90 Å². The molecule has 1 aromatic carbocycles. The lowest BCUT2D eigenvalue weighted by atomic mass is 9.70. The number of piperidine rings is 3. The molecule has 4 rings (SSSR count). The zero-order valence-electron chi connectivity index (χ0n) is 20.1. The van der Waals surface area contributed by atoms with Crippen LogP contribution in [0.3, 0.4) is 0 Å². The molecular weight excluding hydrogens is 438 g/mol. The molecule has 3 aliphatic heterocycles. The van der Waals surface area contributed by atoms with Crippen molar-refractivity contribution in [1.82, 2.24) is 14.1 Å². The molecule has 0 spiro atoms. The molecule has 1 amide bonds. The number of rotatable bonds is 7. The van der Waals surface area contributed by atoms with Crippen molar-refractivity contribution >= 4 is 21.7 Å². The highest BCUT2D eigenvalue weighted by Crippen LogP contribution is 2.45. The highest BCUT2D eigenvalue weighted by molar-refractivity contribution is 7.89. The fourth-order valence-electron chi connectivity index (χ4n) is 6.27. The first-order chi connectivity index (χ1) is 15.7. The normalized spacial score (nSPS) is 28.2. The Bertz CT molecular complexity index is 974. The van der Waals surface area contributed by atoms with E-state index in [-0.39, 0.29) is 22.6 Å². The van der Waals surface area contributed by atoms with E-state index in [0.717, 1.165) is 38.8 Å². The minimum absolute atomic E-state index is 0.0762. The number of carbonyl (C=O) groups excluding carboxylic acids is 2. The van der Waals surface area contributed by atoms with Gasteiger partial charge in [-0.1, -0.05) is 12.1 Å². The number of Topliss-reactive ketones (excluding diaryl/α,β-unsaturated/α-hetero) is 1. The Hall–Kier alpha value is -1.77. The van der Waals surface area contributed by atoms with Crippen molar-refractivity contribution < 1.29 is 18.0 Å². The maximum absolute atomic E-state index is 13.9. The Balaban J connectivity index is 1.63. The molecule has 3 fully saturated rings. The van der Waals surface area contributed by atoms with E-state index in [1.165, 1.54) is 6.92 Å². The highest BCUT2D eigenvalue weighted by atomic mass is 32.2.